The molecule has 9 heavy (non-hydrogen) atoms. The molecule has 0 heterocycles. The molecule has 3 nitrogen and oxygen atoms in total. The quantitative estimate of drug-likeness (QED) is 0.419. The smallest absolute Gasteiger partial charge is 0.0949 e. The second-order valence-electron chi connectivity index (χ2n) is 1.64. The van der Waals surface area contributed by atoms with E-state index in [0.717, 1.165) is 0 Å². The Hall–Kier alpha value is -0.830. The van der Waals surface area contributed by atoms with Crippen LogP contribution in [0.25, 0.3) is 0 Å². The predicted octanol–water partition coefficient (Wildman–Crippen LogP) is 0.129. The zero-order valence-electron chi connectivity index (χ0n) is 5.76. The van der Waals surface area contributed by atoms with Gasteiger partial charge in [-0.2, -0.15) is 5.10 Å². The summed E-state index contributed by atoms with van der Waals surface area (Å²) < 4.78 is 0. The van der Waals surface area contributed by atoms with Crippen LogP contribution in [0.1, 0.15) is 6.92 Å². The summed E-state index contributed by atoms with van der Waals surface area (Å²) in [6.07, 6.45) is 0.969. The highest BCUT2D eigenvalue weighted by molar-refractivity contribution is 5.97. The first-order valence-electron chi connectivity index (χ1n) is 2.77. The topological polar surface area (TPSA) is 44.6 Å². The largest absolute Gasteiger partial charge is 0.387 e. The van der Waals surface area contributed by atoms with E-state index in [4.69, 9.17) is 5.11 Å². The molecule has 1 unspecified atom stereocenters. The van der Waals surface area contributed by atoms with Crippen molar-refractivity contribution in [3.05, 3.63) is 12.7 Å². The van der Waals surface area contributed by atoms with E-state index in [1.54, 1.807) is 14.0 Å². The zero-order chi connectivity index (χ0) is 7.28. The molecular formula is C6H12N2O. The number of nitrogens with one attached hydrogen (secondary N) is 1. The summed E-state index contributed by atoms with van der Waals surface area (Å²) in [6, 6.07) is 0. The minimum atomic E-state index is -0.546. The number of aliphatic hydroxyl groups excluding tert-OH is 1. The molecule has 52 valence electrons. The van der Waals surface area contributed by atoms with Gasteiger partial charge < -0.3 is 10.5 Å². The van der Waals surface area contributed by atoms with E-state index in [1.165, 1.54) is 6.08 Å². The average Bonchev–Trinajstić information content (AvgIpc) is 1.82. The van der Waals surface area contributed by atoms with Crippen molar-refractivity contribution in [1.29, 1.82) is 0 Å². The fourth-order valence-electron chi connectivity index (χ4n) is 0.439. The minimum absolute atomic E-state index is 0.546. The molecule has 0 spiro atoms. The van der Waals surface area contributed by atoms with E-state index in [1.807, 2.05) is 0 Å². The summed E-state index contributed by atoms with van der Waals surface area (Å²) in [5.74, 6) is 0. The van der Waals surface area contributed by atoms with Crippen LogP contribution < -0.4 is 5.43 Å². The maximum Gasteiger partial charge on any atom is 0.0949 e. The van der Waals surface area contributed by atoms with Crippen molar-refractivity contribution in [2.45, 2.75) is 13.0 Å². The van der Waals surface area contributed by atoms with Crippen molar-refractivity contribution in [3.8, 4) is 0 Å². The molecule has 0 amide bonds. The molecule has 0 fully saturated rings. The lowest BCUT2D eigenvalue weighted by molar-refractivity contribution is 0.262. The standard InChI is InChI=1S/C6H12N2O/c1-4-6(5(2)9)8-7-3/h4-5,7,9H,1H2,2-3H3/b8-6-. The Morgan fingerprint density at radius 3 is 2.56 bits per heavy atom. The summed E-state index contributed by atoms with van der Waals surface area (Å²) >= 11 is 0. The van der Waals surface area contributed by atoms with Crippen molar-refractivity contribution in [2.75, 3.05) is 7.05 Å². The Balaban J connectivity index is 3.97. The fraction of sp³-hybridized carbons (Fsp3) is 0.500. The van der Waals surface area contributed by atoms with Crippen molar-refractivity contribution < 1.29 is 5.11 Å². The average molecular weight is 128 g/mol. The van der Waals surface area contributed by atoms with E-state index < -0.39 is 6.10 Å². The first-order valence-corrected chi connectivity index (χ1v) is 2.77. The summed E-state index contributed by atoms with van der Waals surface area (Å²) in [5, 5.41) is 12.6. The van der Waals surface area contributed by atoms with Crippen molar-refractivity contribution in [2.24, 2.45) is 5.10 Å². The van der Waals surface area contributed by atoms with E-state index in [0.29, 0.717) is 5.71 Å². The van der Waals surface area contributed by atoms with E-state index in [-0.39, 0.29) is 0 Å². The lowest BCUT2D eigenvalue weighted by atomic mass is 10.2. The molecule has 1 atom stereocenters. The SMILES string of the molecule is C=C/C(=N/NC)C(C)O. The Bertz CT molecular complexity index is 118. The lowest BCUT2D eigenvalue weighted by Gasteiger charge is -2.01. The highest BCUT2D eigenvalue weighted by Gasteiger charge is 1.99. The molecule has 2 N–H and O–H groups in total. The predicted molar refractivity (Wildman–Crippen MR) is 38.4 cm³/mol. The van der Waals surface area contributed by atoms with Gasteiger partial charge in [-0.1, -0.05) is 6.58 Å². The summed E-state index contributed by atoms with van der Waals surface area (Å²) in [6.45, 7) is 5.11. The van der Waals surface area contributed by atoms with Crippen molar-refractivity contribution in [3.63, 3.8) is 0 Å². The normalized spacial score (nSPS) is 14.8. The molecule has 0 aliphatic carbocycles. The maximum atomic E-state index is 8.90. The number of rotatable bonds is 3. The fourth-order valence-corrected chi connectivity index (χ4v) is 0.439. The third-order valence-electron chi connectivity index (χ3n) is 0.878. The van der Waals surface area contributed by atoms with Gasteiger partial charge in [-0.3, -0.25) is 0 Å². The minimum Gasteiger partial charge on any atom is -0.387 e. The first kappa shape index (κ1) is 8.17. The van der Waals surface area contributed by atoms with Gasteiger partial charge in [-0.25, -0.2) is 0 Å². The van der Waals surface area contributed by atoms with Crippen LogP contribution in [0.5, 0.6) is 0 Å². The van der Waals surface area contributed by atoms with E-state index >= 15 is 0 Å². The molecule has 3 heteroatoms. The Morgan fingerprint density at radius 1 is 1.89 bits per heavy atom. The second-order valence-corrected chi connectivity index (χ2v) is 1.64. The maximum absolute atomic E-state index is 8.90. The monoisotopic (exact) mass is 128 g/mol. The lowest BCUT2D eigenvalue weighted by Crippen LogP contribution is -2.16. The third kappa shape index (κ3) is 2.87. The van der Waals surface area contributed by atoms with Gasteiger partial charge in [0.15, 0.2) is 0 Å². The van der Waals surface area contributed by atoms with Crippen LogP contribution in [-0.4, -0.2) is 24.0 Å². The van der Waals surface area contributed by atoms with Gasteiger partial charge in [-0.05, 0) is 13.0 Å². The van der Waals surface area contributed by atoms with Crippen molar-refractivity contribution in [1.82, 2.24) is 5.43 Å². The van der Waals surface area contributed by atoms with Crippen LogP contribution in [0.15, 0.2) is 17.8 Å². The third-order valence-corrected chi connectivity index (χ3v) is 0.878. The molecule has 0 aliphatic heterocycles. The Morgan fingerprint density at radius 2 is 2.44 bits per heavy atom. The van der Waals surface area contributed by atoms with Gasteiger partial charge in [0.25, 0.3) is 0 Å². The number of hydrogen-bond acceptors (Lipinski definition) is 3. The highest BCUT2D eigenvalue weighted by Crippen LogP contribution is 1.86. The molecule has 0 aromatic carbocycles. The van der Waals surface area contributed by atoms with Crippen LogP contribution in [0.3, 0.4) is 0 Å². The van der Waals surface area contributed by atoms with Gasteiger partial charge in [0, 0.05) is 7.05 Å². The van der Waals surface area contributed by atoms with Gasteiger partial charge >= 0.3 is 0 Å². The number of aliphatic hydroxyl groups is 1. The summed E-state index contributed by atoms with van der Waals surface area (Å²) in [4.78, 5) is 0. The van der Waals surface area contributed by atoms with Gasteiger partial charge in [-0.15, -0.1) is 0 Å². The number of nitrogens with zero attached hydrogens (tertiary/aromatic N) is 1. The summed E-state index contributed by atoms with van der Waals surface area (Å²) in [5.41, 5.74) is 3.11. The van der Waals surface area contributed by atoms with Crippen LogP contribution >= 0.6 is 0 Å². The molecule has 0 saturated heterocycles. The summed E-state index contributed by atoms with van der Waals surface area (Å²) in [7, 11) is 1.67. The molecule has 0 aliphatic rings. The van der Waals surface area contributed by atoms with Crippen LogP contribution in [0.4, 0.5) is 0 Å². The number of hydrogen-bond donors (Lipinski definition) is 2. The molecule has 0 aromatic rings. The van der Waals surface area contributed by atoms with Crippen LogP contribution in [0, 0.1) is 0 Å². The van der Waals surface area contributed by atoms with Crippen LogP contribution in [-0.2, 0) is 0 Å². The molecule has 0 saturated carbocycles. The second kappa shape index (κ2) is 4.09. The molecule has 0 bridgehead atoms. The number of hydrazone groups is 1. The first-order chi connectivity index (χ1) is 4.22. The van der Waals surface area contributed by atoms with Crippen molar-refractivity contribution >= 4 is 5.71 Å². The van der Waals surface area contributed by atoms with Crippen LogP contribution in [0.2, 0.25) is 0 Å². The Kier molecular flexibility index (Phi) is 3.71. The Labute approximate surface area is 55.1 Å². The molecule has 0 radical (unpaired) electrons. The van der Waals surface area contributed by atoms with Gasteiger partial charge in [0.1, 0.15) is 0 Å². The molecule has 0 rings (SSSR count). The molecule has 0 aromatic heterocycles. The van der Waals surface area contributed by atoms with E-state index in [9.17, 15) is 0 Å². The molecular weight excluding hydrogens is 116 g/mol. The highest BCUT2D eigenvalue weighted by atomic mass is 16.3. The van der Waals surface area contributed by atoms with Gasteiger partial charge in [0.2, 0.25) is 0 Å². The van der Waals surface area contributed by atoms with E-state index in [2.05, 4.69) is 17.1 Å². The zero-order valence-corrected chi connectivity index (χ0v) is 5.76. The van der Waals surface area contributed by atoms with Gasteiger partial charge in [0.05, 0.1) is 11.8 Å².